The summed E-state index contributed by atoms with van der Waals surface area (Å²) in [6.07, 6.45) is 0. The molecule has 37 heavy (non-hydrogen) atoms. The molecule has 0 N–H and O–H groups in total. The molecule has 0 fully saturated rings. The Kier molecular flexibility index (Phi) is 5.83. The number of hydrogen-bond acceptors (Lipinski definition) is 0. The van der Waals surface area contributed by atoms with Crippen LogP contribution in [0.15, 0.2) is 72.8 Å². The van der Waals surface area contributed by atoms with E-state index in [0.717, 1.165) is 0 Å². The third-order valence-corrected chi connectivity index (χ3v) is 8.73. The molecule has 5 rings (SSSR count). The summed E-state index contributed by atoms with van der Waals surface area (Å²) >= 11 is 0. The lowest BCUT2D eigenvalue weighted by Crippen LogP contribution is -2.29. The zero-order chi connectivity index (χ0) is 26.9. The molecule has 0 saturated heterocycles. The Morgan fingerprint density at radius 3 is 1.03 bits per heavy atom. The summed E-state index contributed by atoms with van der Waals surface area (Å²) in [5.41, 5.74) is 16.3. The number of rotatable bonds is 2. The molecule has 190 valence electrons. The Morgan fingerprint density at radius 2 is 0.730 bits per heavy atom. The largest absolute Gasteiger partial charge is 0.0713 e. The van der Waals surface area contributed by atoms with E-state index in [2.05, 4.69) is 142 Å². The zero-order valence-corrected chi connectivity index (χ0v) is 24.4. The van der Waals surface area contributed by atoms with Crippen LogP contribution in [0, 0.1) is 27.7 Å². The highest BCUT2D eigenvalue weighted by molar-refractivity contribution is 5.87. The van der Waals surface area contributed by atoms with Gasteiger partial charge in [0.2, 0.25) is 0 Å². The summed E-state index contributed by atoms with van der Waals surface area (Å²) in [6.45, 7) is 22.8. The number of fused-ring (bicyclic) bond motifs is 3. The first-order valence-corrected chi connectivity index (χ1v) is 13.7. The predicted octanol–water partition coefficient (Wildman–Crippen LogP) is 9.88. The van der Waals surface area contributed by atoms with Crippen molar-refractivity contribution in [3.05, 3.63) is 128 Å². The van der Waals surface area contributed by atoms with Crippen LogP contribution in [0.2, 0.25) is 0 Å². The third kappa shape index (κ3) is 3.97. The predicted molar refractivity (Wildman–Crippen MR) is 160 cm³/mol. The Labute approximate surface area is 224 Å². The van der Waals surface area contributed by atoms with E-state index in [9.17, 15) is 0 Å². The van der Waals surface area contributed by atoms with Crippen LogP contribution in [-0.2, 0) is 16.2 Å². The number of hydrogen-bond donors (Lipinski definition) is 0. The van der Waals surface area contributed by atoms with Gasteiger partial charge in [-0.15, -0.1) is 0 Å². The average molecular weight is 487 g/mol. The first-order chi connectivity index (χ1) is 17.2. The fourth-order valence-electron chi connectivity index (χ4n) is 6.07. The lowest BCUT2D eigenvalue weighted by atomic mass is 9.66. The van der Waals surface area contributed by atoms with Crippen molar-refractivity contribution in [2.24, 2.45) is 0 Å². The van der Waals surface area contributed by atoms with Gasteiger partial charge in [0, 0.05) is 0 Å². The maximum Gasteiger partial charge on any atom is 0.0713 e. The Morgan fingerprint density at radius 1 is 0.432 bits per heavy atom. The normalized spacial score (nSPS) is 14.4. The second-order valence-corrected chi connectivity index (χ2v) is 13.4. The van der Waals surface area contributed by atoms with Gasteiger partial charge in [0.15, 0.2) is 0 Å². The van der Waals surface area contributed by atoms with Crippen molar-refractivity contribution in [1.82, 2.24) is 0 Å². The lowest BCUT2D eigenvalue weighted by Gasteiger charge is -2.35. The van der Waals surface area contributed by atoms with Crippen LogP contribution in [0.3, 0.4) is 0 Å². The van der Waals surface area contributed by atoms with E-state index < -0.39 is 0 Å². The second kappa shape index (κ2) is 8.45. The molecule has 0 amide bonds. The van der Waals surface area contributed by atoms with Gasteiger partial charge < -0.3 is 0 Å². The molecule has 0 atom stereocenters. The van der Waals surface area contributed by atoms with Crippen LogP contribution in [0.1, 0.15) is 97.2 Å². The summed E-state index contributed by atoms with van der Waals surface area (Å²) < 4.78 is 0. The van der Waals surface area contributed by atoms with Crippen LogP contribution in [0.25, 0.3) is 11.1 Å². The van der Waals surface area contributed by atoms with E-state index >= 15 is 0 Å². The standard InChI is InChI=1S/C37H42/c1-23-19-31-32-20-24(2)26(4)22-34(32)37(33(31)21-25(23)3,29-15-11-27(12-16-29)35(5,6)7)30-17-13-28(14-18-30)36(8,9)10/h11-22H,1-10H3. The Hall–Kier alpha value is -3.12. The lowest BCUT2D eigenvalue weighted by molar-refractivity contribution is 0.588. The maximum absolute atomic E-state index is 2.46. The summed E-state index contributed by atoms with van der Waals surface area (Å²) in [6, 6.07) is 28.7. The number of benzene rings is 4. The van der Waals surface area contributed by atoms with Gasteiger partial charge in [-0.2, -0.15) is 0 Å². The SMILES string of the molecule is Cc1cc2c(cc1C)C(c1ccc(C(C)(C)C)cc1)(c1ccc(C(C)(C)C)cc1)c1cc(C)c(C)cc1-2. The van der Waals surface area contributed by atoms with Crippen molar-refractivity contribution in [2.75, 3.05) is 0 Å². The van der Waals surface area contributed by atoms with Gasteiger partial charge in [0.05, 0.1) is 5.41 Å². The fraction of sp³-hybridized carbons (Fsp3) is 0.351. The monoisotopic (exact) mass is 486 g/mol. The van der Waals surface area contributed by atoms with Crippen molar-refractivity contribution in [3.8, 4) is 11.1 Å². The molecule has 1 aliphatic carbocycles. The summed E-state index contributed by atoms with van der Waals surface area (Å²) in [5, 5.41) is 0. The van der Waals surface area contributed by atoms with Crippen molar-refractivity contribution >= 4 is 0 Å². The van der Waals surface area contributed by atoms with Gasteiger partial charge in [-0.05, 0) is 105 Å². The van der Waals surface area contributed by atoms with Crippen LogP contribution in [0.4, 0.5) is 0 Å². The van der Waals surface area contributed by atoms with Crippen molar-refractivity contribution in [3.63, 3.8) is 0 Å². The topological polar surface area (TPSA) is 0 Å². The molecular formula is C37H42. The first-order valence-electron chi connectivity index (χ1n) is 13.7. The molecule has 0 spiro atoms. The van der Waals surface area contributed by atoms with Gasteiger partial charge in [-0.25, -0.2) is 0 Å². The molecule has 4 aromatic rings. The Bertz CT molecular complexity index is 1360. The van der Waals surface area contributed by atoms with E-state index in [1.165, 1.54) is 66.8 Å². The minimum atomic E-state index is -0.353. The summed E-state index contributed by atoms with van der Waals surface area (Å²) in [4.78, 5) is 0. The maximum atomic E-state index is 2.46. The van der Waals surface area contributed by atoms with Crippen molar-refractivity contribution < 1.29 is 0 Å². The molecule has 0 heterocycles. The third-order valence-electron chi connectivity index (χ3n) is 8.73. The molecule has 0 unspecified atom stereocenters. The molecule has 0 aromatic heterocycles. The van der Waals surface area contributed by atoms with E-state index in [1.54, 1.807) is 0 Å². The second-order valence-electron chi connectivity index (χ2n) is 13.4. The van der Waals surface area contributed by atoms with Crippen molar-refractivity contribution in [2.45, 2.75) is 85.5 Å². The van der Waals surface area contributed by atoms with Crippen LogP contribution in [-0.4, -0.2) is 0 Å². The molecule has 0 nitrogen and oxygen atoms in total. The molecule has 0 heteroatoms. The van der Waals surface area contributed by atoms with E-state index in [4.69, 9.17) is 0 Å². The van der Waals surface area contributed by atoms with E-state index in [-0.39, 0.29) is 16.2 Å². The van der Waals surface area contributed by atoms with Gasteiger partial charge >= 0.3 is 0 Å². The van der Waals surface area contributed by atoms with Crippen LogP contribution in [0.5, 0.6) is 0 Å². The Balaban J connectivity index is 1.91. The highest BCUT2D eigenvalue weighted by atomic mass is 14.5. The molecule has 0 radical (unpaired) electrons. The van der Waals surface area contributed by atoms with Crippen LogP contribution >= 0.6 is 0 Å². The minimum Gasteiger partial charge on any atom is -0.0582 e. The molecule has 0 aliphatic heterocycles. The zero-order valence-electron chi connectivity index (χ0n) is 24.4. The summed E-state index contributed by atoms with van der Waals surface area (Å²) in [5.74, 6) is 0. The molecule has 0 saturated carbocycles. The first kappa shape index (κ1) is 25.5. The number of aryl methyl sites for hydroxylation is 4. The molecule has 4 aromatic carbocycles. The van der Waals surface area contributed by atoms with Gasteiger partial charge in [0.25, 0.3) is 0 Å². The van der Waals surface area contributed by atoms with Crippen molar-refractivity contribution in [1.29, 1.82) is 0 Å². The van der Waals surface area contributed by atoms with Gasteiger partial charge in [-0.3, -0.25) is 0 Å². The molecular weight excluding hydrogens is 444 g/mol. The van der Waals surface area contributed by atoms with Gasteiger partial charge in [0.1, 0.15) is 0 Å². The van der Waals surface area contributed by atoms with E-state index in [0.29, 0.717) is 0 Å². The van der Waals surface area contributed by atoms with E-state index in [1.807, 2.05) is 0 Å². The van der Waals surface area contributed by atoms with Gasteiger partial charge in [-0.1, -0.05) is 114 Å². The van der Waals surface area contributed by atoms with Crippen LogP contribution < -0.4 is 0 Å². The smallest absolute Gasteiger partial charge is 0.0582 e. The fourth-order valence-corrected chi connectivity index (χ4v) is 6.07. The molecule has 1 aliphatic rings. The molecule has 0 bridgehead atoms. The summed E-state index contributed by atoms with van der Waals surface area (Å²) in [7, 11) is 0. The minimum absolute atomic E-state index is 0.118. The quantitative estimate of drug-likeness (QED) is 0.233. The highest BCUT2D eigenvalue weighted by Crippen LogP contribution is 2.57. The highest BCUT2D eigenvalue weighted by Gasteiger charge is 2.46. The average Bonchev–Trinajstić information content (AvgIpc) is 3.08.